The highest BCUT2D eigenvalue weighted by molar-refractivity contribution is 7.91. The van der Waals surface area contributed by atoms with E-state index >= 15 is 0 Å². The highest BCUT2D eigenvalue weighted by Crippen LogP contribution is 2.31. The van der Waals surface area contributed by atoms with Gasteiger partial charge in [-0.1, -0.05) is 0 Å². The summed E-state index contributed by atoms with van der Waals surface area (Å²) in [6.45, 7) is 6.08. The molecule has 0 N–H and O–H groups in total. The summed E-state index contributed by atoms with van der Waals surface area (Å²) >= 11 is 1.23. The molecule has 1 aliphatic heterocycles. The van der Waals surface area contributed by atoms with E-state index in [1.165, 1.54) is 34.9 Å². The lowest BCUT2D eigenvalue weighted by Gasteiger charge is -2.35. The summed E-state index contributed by atoms with van der Waals surface area (Å²) in [5.41, 5.74) is 0.433. The van der Waals surface area contributed by atoms with Crippen molar-refractivity contribution in [1.29, 1.82) is 0 Å². The second kappa shape index (κ2) is 9.03. The highest BCUT2D eigenvalue weighted by Gasteiger charge is 2.36. The van der Waals surface area contributed by atoms with Crippen molar-refractivity contribution in [2.24, 2.45) is 5.92 Å². The molecule has 164 valence electrons. The standard InChI is InChI=1S/C21H27FN2O4S2/c1-14(2)24(17-8-9-19(28-4)18(22)12-17)21(25)16-6-5-11-23(13-16)30(26,27)20-10-7-15(3)29-20/h7-10,12,14,16H,5-6,11,13H2,1-4H3. The van der Waals surface area contributed by atoms with E-state index in [1.807, 2.05) is 20.8 Å². The van der Waals surface area contributed by atoms with Crippen molar-refractivity contribution in [2.45, 2.75) is 43.9 Å². The van der Waals surface area contributed by atoms with E-state index in [2.05, 4.69) is 0 Å². The maximum Gasteiger partial charge on any atom is 0.252 e. The number of anilines is 1. The fourth-order valence-electron chi connectivity index (χ4n) is 3.72. The van der Waals surface area contributed by atoms with Gasteiger partial charge in [-0.25, -0.2) is 12.8 Å². The van der Waals surface area contributed by atoms with Crippen molar-refractivity contribution in [3.63, 3.8) is 0 Å². The number of carbonyl (C=O) groups is 1. The Labute approximate surface area is 181 Å². The van der Waals surface area contributed by atoms with Crippen molar-refractivity contribution in [2.75, 3.05) is 25.1 Å². The molecule has 3 rings (SSSR count). The minimum absolute atomic E-state index is 0.107. The zero-order chi connectivity index (χ0) is 22.1. The van der Waals surface area contributed by atoms with E-state index in [0.717, 1.165) is 4.88 Å². The van der Waals surface area contributed by atoms with Gasteiger partial charge in [-0.15, -0.1) is 11.3 Å². The Balaban J connectivity index is 1.84. The number of benzene rings is 1. The summed E-state index contributed by atoms with van der Waals surface area (Å²) in [4.78, 5) is 15.8. The van der Waals surface area contributed by atoms with Crippen LogP contribution in [0.4, 0.5) is 10.1 Å². The van der Waals surface area contributed by atoms with Gasteiger partial charge in [-0.3, -0.25) is 4.79 Å². The quantitative estimate of drug-likeness (QED) is 0.661. The molecule has 1 fully saturated rings. The number of aryl methyl sites for hydroxylation is 1. The molecule has 1 unspecified atom stereocenters. The molecule has 6 nitrogen and oxygen atoms in total. The first kappa shape index (κ1) is 22.7. The molecule has 0 radical (unpaired) electrons. The van der Waals surface area contributed by atoms with Crippen molar-refractivity contribution in [3.8, 4) is 5.75 Å². The Morgan fingerprint density at radius 1 is 1.30 bits per heavy atom. The Bertz CT molecular complexity index is 1020. The summed E-state index contributed by atoms with van der Waals surface area (Å²) < 4.78 is 46.9. The van der Waals surface area contributed by atoms with Gasteiger partial charge in [-0.2, -0.15) is 4.31 Å². The van der Waals surface area contributed by atoms with Crippen molar-refractivity contribution in [1.82, 2.24) is 4.31 Å². The van der Waals surface area contributed by atoms with Crippen molar-refractivity contribution >= 4 is 33.0 Å². The monoisotopic (exact) mass is 454 g/mol. The van der Waals surface area contributed by atoms with E-state index in [-0.39, 0.29) is 24.2 Å². The zero-order valence-corrected chi connectivity index (χ0v) is 19.2. The number of piperidine rings is 1. The SMILES string of the molecule is COc1ccc(N(C(=O)C2CCCN(S(=O)(=O)c3ccc(C)s3)C2)C(C)C)cc1F. The van der Waals surface area contributed by atoms with Gasteiger partial charge in [-0.05, 0) is 57.9 Å². The maximum absolute atomic E-state index is 14.2. The molecular formula is C21H27FN2O4S2. The van der Waals surface area contributed by atoms with Gasteiger partial charge < -0.3 is 9.64 Å². The molecule has 1 aliphatic rings. The van der Waals surface area contributed by atoms with E-state index in [4.69, 9.17) is 4.74 Å². The molecule has 1 amide bonds. The number of sulfonamides is 1. The molecule has 30 heavy (non-hydrogen) atoms. The first-order valence-corrected chi connectivity index (χ1v) is 12.1. The molecule has 0 spiro atoms. The Morgan fingerprint density at radius 3 is 2.60 bits per heavy atom. The van der Waals surface area contributed by atoms with Crippen LogP contribution in [-0.2, 0) is 14.8 Å². The van der Waals surface area contributed by atoms with Crippen LogP contribution in [0.2, 0.25) is 0 Å². The summed E-state index contributed by atoms with van der Waals surface area (Å²) in [6, 6.07) is 7.60. The molecular weight excluding hydrogens is 427 g/mol. The third kappa shape index (κ3) is 4.53. The number of halogens is 1. The van der Waals surface area contributed by atoms with Crippen LogP contribution in [0, 0.1) is 18.7 Å². The Kier molecular flexibility index (Phi) is 6.84. The maximum atomic E-state index is 14.2. The van der Waals surface area contributed by atoms with Gasteiger partial charge in [0.25, 0.3) is 10.0 Å². The zero-order valence-electron chi connectivity index (χ0n) is 17.6. The van der Waals surface area contributed by atoms with Crippen LogP contribution in [0.5, 0.6) is 5.75 Å². The van der Waals surface area contributed by atoms with Crippen LogP contribution < -0.4 is 9.64 Å². The third-order valence-electron chi connectivity index (χ3n) is 5.21. The van der Waals surface area contributed by atoms with Crippen LogP contribution in [-0.4, -0.2) is 44.9 Å². The van der Waals surface area contributed by atoms with Crippen LogP contribution in [0.3, 0.4) is 0 Å². The van der Waals surface area contributed by atoms with Crippen molar-refractivity contribution in [3.05, 3.63) is 41.0 Å². The molecule has 0 saturated carbocycles. The number of ether oxygens (including phenoxy) is 1. The first-order valence-electron chi connectivity index (χ1n) is 9.88. The predicted molar refractivity (Wildman–Crippen MR) is 116 cm³/mol. The summed E-state index contributed by atoms with van der Waals surface area (Å²) in [7, 11) is -2.24. The lowest BCUT2D eigenvalue weighted by molar-refractivity contribution is -0.123. The van der Waals surface area contributed by atoms with Crippen LogP contribution in [0.1, 0.15) is 31.6 Å². The topological polar surface area (TPSA) is 66.9 Å². The van der Waals surface area contributed by atoms with Gasteiger partial charge >= 0.3 is 0 Å². The lowest BCUT2D eigenvalue weighted by Crippen LogP contribution is -2.48. The number of nitrogens with zero attached hydrogens (tertiary/aromatic N) is 2. The van der Waals surface area contributed by atoms with Crippen molar-refractivity contribution < 1.29 is 22.3 Å². The van der Waals surface area contributed by atoms with Crippen LogP contribution in [0.25, 0.3) is 0 Å². The highest BCUT2D eigenvalue weighted by atomic mass is 32.2. The molecule has 1 saturated heterocycles. The number of carbonyl (C=O) groups excluding carboxylic acids is 1. The minimum Gasteiger partial charge on any atom is -0.494 e. The predicted octanol–water partition coefficient (Wildman–Crippen LogP) is 4.05. The summed E-state index contributed by atoms with van der Waals surface area (Å²) in [5.74, 6) is -1.12. The average molecular weight is 455 g/mol. The second-order valence-electron chi connectivity index (χ2n) is 7.69. The summed E-state index contributed by atoms with van der Waals surface area (Å²) in [6.07, 6.45) is 1.19. The van der Waals surface area contributed by atoms with Gasteiger partial charge in [0.15, 0.2) is 11.6 Å². The van der Waals surface area contributed by atoms with E-state index in [0.29, 0.717) is 29.3 Å². The second-order valence-corrected chi connectivity index (χ2v) is 11.1. The first-order chi connectivity index (χ1) is 14.1. The third-order valence-corrected chi connectivity index (χ3v) is 8.54. The molecule has 2 heterocycles. The fraction of sp³-hybridized carbons (Fsp3) is 0.476. The molecule has 1 aromatic carbocycles. The van der Waals surface area contributed by atoms with Crippen LogP contribution in [0.15, 0.2) is 34.5 Å². The average Bonchev–Trinajstić information content (AvgIpc) is 3.15. The lowest BCUT2D eigenvalue weighted by atomic mass is 9.97. The molecule has 9 heteroatoms. The number of methoxy groups -OCH3 is 1. The largest absolute Gasteiger partial charge is 0.494 e. The Morgan fingerprint density at radius 2 is 2.03 bits per heavy atom. The van der Waals surface area contributed by atoms with Gasteiger partial charge in [0, 0.05) is 35.8 Å². The molecule has 0 aliphatic carbocycles. The minimum atomic E-state index is -3.63. The molecule has 2 aromatic rings. The number of hydrogen-bond acceptors (Lipinski definition) is 5. The number of rotatable bonds is 6. The summed E-state index contributed by atoms with van der Waals surface area (Å²) in [5, 5.41) is 0. The number of amides is 1. The smallest absolute Gasteiger partial charge is 0.252 e. The van der Waals surface area contributed by atoms with Gasteiger partial charge in [0.1, 0.15) is 4.21 Å². The molecule has 1 atom stereocenters. The van der Waals surface area contributed by atoms with Gasteiger partial charge in [0.2, 0.25) is 5.91 Å². The van der Waals surface area contributed by atoms with Crippen LogP contribution >= 0.6 is 11.3 Å². The van der Waals surface area contributed by atoms with E-state index < -0.39 is 21.8 Å². The number of hydrogen-bond donors (Lipinski definition) is 0. The number of thiophene rings is 1. The molecule has 0 bridgehead atoms. The fourth-order valence-corrected chi connectivity index (χ4v) is 6.68. The normalized spacial score (nSPS) is 17.9. The van der Waals surface area contributed by atoms with E-state index in [1.54, 1.807) is 23.1 Å². The van der Waals surface area contributed by atoms with E-state index in [9.17, 15) is 17.6 Å². The molecule has 1 aromatic heterocycles. The van der Waals surface area contributed by atoms with Gasteiger partial charge in [0.05, 0.1) is 13.0 Å². The Hall–Kier alpha value is -1.97.